The van der Waals surface area contributed by atoms with Crippen LogP contribution in [0.1, 0.15) is 11.0 Å². The number of hydrogen-bond acceptors (Lipinski definition) is 5. The molecule has 1 aromatic heterocycles. The predicted molar refractivity (Wildman–Crippen MR) is 110 cm³/mol. The van der Waals surface area contributed by atoms with Crippen molar-refractivity contribution in [3.05, 3.63) is 59.4 Å². The van der Waals surface area contributed by atoms with Crippen LogP contribution in [0.3, 0.4) is 0 Å². The number of para-hydroxylation sites is 3. The van der Waals surface area contributed by atoms with Crippen molar-refractivity contribution in [3.63, 3.8) is 0 Å². The minimum Gasteiger partial charge on any atom is -0.495 e. The van der Waals surface area contributed by atoms with Gasteiger partial charge in [-0.15, -0.1) is 11.3 Å². The van der Waals surface area contributed by atoms with E-state index in [4.69, 9.17) is 21.3 Å². The molecule has 0 N–H and O–H groups in total. The van der Waals surface area contributed by atoms with Crippen molar-refractivity contribution in [1.82, 2.24) is 9.88 Å². The lowest BCUT2D eigenvalue weighted by molar-refractivity contribution is 0.215. The van der Waals surface area contributed by atoms with Crippen LogP contribution < -0.4 is 9.64 Å². The summed E-state index contributed by atoms with van der Waals surface area (Å²) in [6.07, 6.45) is 0. The monoisotopic (exact) mass is 386 g/mol. The Morgan fingerprint density at radius 3 is 2.62 bits per heavy atom. The zero-order valence-electron chi connectivity index (χ0n) is 14.7. The first-order valence-electron chi connectivity index (χ1n) is 8.67. The molecule has 1 radical (unpaired) electrons. The Kier molecular flexibility index (Phi) is 5.02. The van der Waals surface area contributed by atoms with Gasteiger partial charge in [0.2, 0.25) is 0 Å². The van der Waals surface area contributed by atoms with E-state index < -0.39 is 0 Å². The number of fused-ring (bicyclic) bond motifs is 1. The standard InChI is InChI=1S/C20H21ClN3OS/c1-14(20-22-19-15(21)6-5-9-18(19)26-20)23-10-12-24(13-11-23)16-7-3-4-8-17(16)25-2/h3-9,14H,1,10-13H2,2H3. The highest BCUT2D eigenvalue weighted by Gasteiger charge is 2.25. The average Bonchev–Trinajstić information content (AvgIpc) is 3.13. The van der Waals surface area contributed by atoms with Crippen LogP contribution in [0.2, 0.25) is 5.02 Å². The summed E-state index contributed by atoms with van der Waals surface area (Å²) < 4.78 is 6.62. The molecule has 1 fully saturated rings. The van der Waals surface area contributed by atoms with Crippen LogP contribution >= 0.6 is 22.9 Å². The second-order valence-electron chi connectivity index (χ2n) is 6.35. The number of aromatic nitrogens is 1. The quantitative estimate of drug-likeness (QED) is 0.652. The largest absolute Gasteiger partial charge is 0.495 e. The van der Waals surface area contributed by atoms with Gasteiger partial charge in [0.15, 0.2) is 0 Å². The van der Waals surface area contributed by atoms with Crippen molar-refractivity contribution in [2.24, 2.45) is 0 Å². The van der Waals surface area contributed by atoms with Crippen molar-refractivity contribution in [2.45, 2.75) is 6.04 Å². The van der Waals surface area contributed by atoms with Crippen molar-refractivity contribution < 1.29 is 4.74 Å². The van der Waals surface area contributed by atoms with Gasteiger partial charge in [-0.05, 0) is 31.2 Å². The molecule has 1 atom stereocenters. The van der Waals surface area contributed by atoms with Crippen molar-refractivity contribution in [2.75, 3.05) is 38.2 Å². The van der Waals surface area contributed by atoms with Crippen LogP contribution in [-0.4, -0.2) is 43.2 Å². The molecular formula is C20H21ClN3OS. The van der Waals surface area contributed by atoms with Crippen LogP contribution in [0, 0.1) is 6.92 Å². The number of ether oxygens (including phenoxy) is 1. The normalized spacial score (nSPS) is 16.8. The number of benzene rings is 2. The predicted octanol–water partition coefficient (Wildman–Crippen LogP) is 4.66. The third-order valence-corrected chi connectivity index (χ3v) is 6.28. The number of methoxy groups -OCH3 is 1. The molecule has 0 aliphatic carbocycles. The molecule has 4 rings (SSSR count). The maximum atomic E-state index is 6.27. The van der Waals surface area contributed by atoms with Crippen molar-refractivity contribution in [1.29, 1.82) is 0 Å². The van der Waals surface area contributed by atoms with Crippen molar-refractivity contribution >= 4 is 38.8 Å². The number of halogens is 1. The van der Waals surface area contributed by atoms with E-state index in [0.717, 1.165) is 52.8 Å². The van der Waals surface area contributed by atoms with Gasteiger partial charge in [0.25, 0.3) is 0 Å². The van der Waals surface area contributed by atoms with E-state index in [9.17, 15) is 0 Å². The maximum absolute atomic E-state index is 6.27. The van der Waals surface area contributed by atoms with Gasteiger partial charge in [-0.1, -0.05) is 29.8 Å². The Bertz CT molecular complexity index is 905. The van der Waals surface area contributed by atoms with E-state index in [2.05, 4.69) is 34.9 Å². The molecule has 2 heterocycles. The highest BCUT2D eigenvalue weighted by Crippen LogP contribution is 2.34. The van der Waals surface area contributed by atoms with E-state index in [1.165, 1.54) is 0 Å². The van der Waals surface area contributed by atoms with E-state index in [0.29, 0.717) is 5.02 Å². The van der Waals surface area contributed by atoms with Gasteiger partial charge in [-0.25, -0.2) is 4.98 Å². The van der Waals surface area contributed by atoms with Gasteiger partial charge in [0.05, 0.1) is 28.6 Å². The summed E-state index contributed by atoms with van der Waals surface area (Å²) in [5, 5.41) is 1.73. The summed E-state index contributed by atoms with van der Waals surface area (Å²) in [6.45, 7) is 8.14. The summed E-state index contributed by atoms with van der Waals surface area (Å²) in [7, 11) is 1.72. The number of piperazine rings is 1. The molecule has 1 unspecified atom stereocenters. The van der Waals surface area contributed by atoms with E-state index in [-0.39, 0.29) is 6.04 Å². The Morgan fingerprint density at radius 2 is 1.88 bits per heavy atom. The molecule has 135 valence electrons. The molecular weight excluding hydrogens is 366 g/mol. The highest BCUT2D eigenvalue weighted by atomic mass is 35.5. The minimum atomic E-state index is 0.0447. The topological polar surface area (TPSA) is 28.6 Å². The smallest absolute Gasteiger partial charge is 0.142 e. The van der Waals surface area contributed by atoms with Crippen LogP contribution in [0.25, 0.3) is 10.2 Å². The highest BCUT2D eigenvalue weighted by molar-refractivity contribution is 7.18. The van der Waals surface area contributed by atoms with Gasteiger partial charge >= 0.3 is 0 Å². The van der Waals surface area contributed by atoms with Crippen molar-refractivity contribution in [3.8, 4) is 5.75 Å². The molecule has 1 aliphatic heterocycles. The second-order valence-corrected chi connectivity index (χ2v) is 7.82. The molecule has 6 heteroatoms. The van der Waals surface area contributed by atoms with Gasteiger partial charge in [-0.3, -0.25) is 4.90 Å². The number of anilines is 1. The molecule has 0 spiro atoms. The fourth-order valence-electron chi connectivity index (χ4n) is 3.40. The molecule has 0 saturated carbocycles. The molecule has 1 aliphatic rings. The summed E-state index contributed by atoms with van der Waals surface area (Å²) in [5.41, 5.74) is 2.04. The molecule has 0 amide bonds. The fourth-order valence-corrected chi connectivity index (χ4v) is 4.72. The number of nitrogens with zero attached hydrogens (tertiary/aromatic N) is 3. The van der Waals surface area contributed by atoms with E-state index in [1.54, 1.807) is 18.4 Å². The first kappa shape index (κ1) is 17.6. The Balaban J connectivity index is 1.47. The number of rotatable bonds is 4. The summed E-state index contributed by atoms with van der Waals surface area (Å²) in [4.78, 5) is 9.50. The first-order chi connectivity index (χ1) is 12.7. The van der Waals surface area contributed by atoms with Crippen LogP contribution in [-0.2, 0) is 0 Å². The zero-order chi connectivity index (χ0) is 18.1. The summed E-state index contributed by atoms with van der Waals surface area (Å²) in [5.74, 6) is 0.924. The van der Waals surface area contributed by atoms with E-state index in [1.807, 2.05) is 24.3 Å². The van der Waals surface area contributed by atoms with Gasteiger partial charge in [0.1, 0.15) is 16.3 Å². The minimum absolute atomic E-state index is 0.0447. The van der Waals surface area contributed by atoms with Gasteiger partial charge < -0.3 is 9.64 Å². The van der Waals surface area contributed by atoms with Gasteiger partial charge in [0, 0.05) is 26.2 Å². The third kappa shape index (κ3) is 3.27. The van der Waals surface area contributed by atoms with E-state index >= 15 is 0 Å². The number of hydrogen-bond donors (Lipinski definition) is 0. The summed E-state index contributed by atoms with van der Waals surface area (Å²) >= 11 is 7.95. The first-order valence-corrected chi connectivity index (χ1v) is 9.87. The molecule has 3 aromatic rings. The second kappa shape index (κ2) is 7.43. The lowest BCUT2D eigenvalue weighted by Gasteiger charge is -2.38. The lowest BCUT2D eigenvalue weighted by atomic mass is 10.2. The summed E-state index contributed by atoms with van der Waals surface area (Å²) in [6, 6.07) is 14.1. The van der Waals surface area contributed by atoms with Crippen LogP contribution in [0.15, 0.2) is 42.5 Å². The molecule has 4 nitrogen and oxygen atoms in total. The number of thiazole rings is 1. The Hall–Kier alpha value is -1.82. The zero-order valence-corrected chi connectivity index (χ0v) is 16.3. The fraction of sp³-hybridized carbons (Fsp3) is 0.300. The Morgan fingerprint density at radius 1 is 1.12 bits per heavy atom. The molecule has 1 saturated heterocycles. The molecule has 0 bridgehead atoms. The third-order valence-electron chi connectivity index (χ3n) is 4.85. The molecule has 26 heavy (non-hydrogen) atoms. The van der Waals surface area contributed by atoms with Gasteiger partial charge in [-0.2, -0.15) is 0 Å². The lowest BCUT2D eigenvalue weighted by Crippen LogP contribution is -2.47. The Labute approximate surface area is 163 Å². The van der Waals surface area contributed by atoms with Crippen LogP contribution in [0.5, 0.6) is 5.75 Å². The SMILES string of the molecule is [CH2]C(c1nc2c(Cl)cccc2s1)N1CCN(c2ccccc2OC)CC1. The maximum Gasteiger partial charge on any atom is 0.142 e. The average molecular weight is 387 g/mol. The molecule has 2 aromatic carbocycles. The van der Waals surface area contributed by atoms with Crippen LogP contribution in [0.4, 0.5) is 5.69 Å².